The first-order valence-electron chi connectivity index (χ1n) is 5.99. The van der Waals surface area contributed by atoms with Crippen molar-refractivity contribution < 1.29 is 4.79 Å². The fourth-order valence-corrected chi connectivity index (χ4v) is 3.25. The van der Waals surface area contributed by atoms with Crippen molar-refractivity contribution in [2.24, 2.45) is 0 Å². The Labute approximate surface area is 101 Å². The van der Waals surface area contributed by atoms with Gasteiger partial charge in [0.05, 0.1) is 17.0 Å². The van der Waals surface area contributed by atoms with Crippen molar-refractivity contribution >= 4 is 17.5 Å². The predicted molar refractivity (Wildman–Crippen MR) is 66.9 cm³/mol. The van der Waals surface area contributed by atoms with E-state index in [-0.39, 0.29) is 11.0 Å². The summed E-state index contributed by atoms with van der Waals surface area (Å²) in [5, 5.41) is 4.38. The number of thioether (sulfide) groups is 1. The second kappa shape index (κ2) is 5.53. The Bertz CT molecular complexity index is 356. The average molecular weight is 238 g/mol. The minimum Gasteiger partial charge on any atom is -0.293 e. The molecule has 1 atom stereocenters. The highest BCUT2D eigenvalue weighted by Crippen LogP contribution is 2.27. The Morgan fingerprint density at radius 2 is 2.50 bits per heavy atom. The van der Waals surface area contributed by atoms with Gasteiger partial charge in [-0.25, -0.2) is 0 Å². The van der Waals surface area contributed by atoms with Crippen LogP contribution in [0.3, 0.4) is 0 Å². The second-order valence-electron chi connectivity index (χ2n) is 4.21. The van der Waals surface area contributed by atoms with E-state index in [1.807, 2.05) is 10.9 Å². The van der Waals surface area contributed by atoms with Gasteiger partial charge in [0.25, 0.3) is 0 Å². The van der Waals surface area contributed by atoms with E-state index in [1.54, 1.807) is 18.0 Å². The molecule has 1 aliphatic rings. The molecule has 0 bridgehead atoms. The number of rotatable bonds is 4. The van der Waals surface area contributed by atoms with Gasteiger partial charge in [-0.15, -0.1) is 0 Å². The van der Waals surface area contributed by atoms with Crippen molar-refractivity contribution in [1.82, 2.24) is 9.78 Å². The van der Waals surface area contributed by atoms with Crippen molar-refractivity contribution in [3.05, 3.63) is 18.0 Å². The van der Waals surface area contributed by atoms with E-state index in [4.69, 9.17) is 0 Å². The van der Waals surface area contributed by atoms with Gasteiger partial charge in [0, 0.05) is 12.7 Å². The fourth-order valence-electron chi connectivity index (χ4n) is 1.98. The lowest BCUT2D eigenvalue weighted by Gasteiger charge is -2.18. The van der Waals surface area contributed by atoms with Crippen LogP contribution in [0.15, 0.2) is 12.4 Å². The Hall–Kier alpha value is -0.770. The lowest BCUT2D eigenvalue weighted by Crippen LogP contribution is -2.20. The molecule has 0 aliphatic carbocycles. The molecule has 0 aromatic carbocycles. The zero-order valence-electron chi connectivity index (χ0n) is 9.69. The van der Waals surface area contributed by atoms with Gasteiger partial charge >= 0.3 is 0 Å². The largest absolute Gasteiger partial charge is 0.293 e. The predicted octanol–water partition coefficient (Wildman–Crippen LogP) is 2.76. The summed E-state index contributed by atoms with van der Waals surface area (Å²) in [6.45, 7) is 3.01. The third-order valence-corrected chi connectivity index (χ3v) is 4.22. The van der Waals surface area contributed by atoms with Gasteiger partial charge in [-0.1, -0.05) is 13.3 Å². The molecule has 1 aromatic heterocycles. The molecule has 4 heteroatoms. The number of Topliss-reactive ketones (excluding diaryl/α,β-unsaturated/α-hetero) is 1. The molecule has 0 saturated carbocycles. The molecule has 1 saturated heterocycles. The summed E-state index contributed by atoms with van der Waals surface area (Å²) in [5.41, 5.74) is 0.785. The lowest BCUT2D eigenvalue weighted by atomic mass is 10.1. The molecule has 1 fully saturated rings. The van der Waals surface area contributed by atoms with Crippen LogP contribution in [0.25, 0.3) is 0 Å². The number of carbonyl (C=O) groups is 1. The van der Waals surface area contributed by atoms with Gasteiger partial charge in [-0.3, -0.25) is 9.48 Å². The van der Waals surface area contributed by atoms with Crippen LogP contribution >= 0.6 is 11.8 Å². The Morgan fingerprint density at radius 1 is 1.62 bits per heavy atom. The van der Waals surface area contributed by atoms with Crippen LogP contribution < -0.4 is 0 Å². The highest BCUT2D eigenvalue weighted by Gasteiger charge is 2.23. The molecule has 1 unspecified atom stereocenters. The first kappa shape index (κ1) is 11.7. The van der Waals surface area contributed by atoms with Crippen LogP contribution in [0, 0.1) is 0 Å². The minimum absolute atomic E-state index is 0.174. The van der Waals surface area contributed by atoms with E-state index >= 15 is 0 Å². The van der Waals surface area contributed by atoms with Gasteiger partial charge in [0.1, 0.15) is 0 Å². The third kappa shape index (κ3) is 2.67. The molecule has 0 N–H and O–H groups in total. The molecular weight excluding hydrogens is 220 g/mol. The number of carbonyl (C=O) groups excluding carboxylic acids is 1. The number of aromatic nitrogens is 2. The number of aryl methyl sites for hydroxylation is 1. The maximum atomic E-state index is 12.1. The highest BCUT2D eigenvalue weighted by atomic mass is 32.2. The normalized spacial score (nSPS) is 20.9. The monoisotopic (exact) mass is 238 g/mol. The van der Waals surface area contributed by atoms with Crippen molar-refractivity contribution in [2.75, 3.05) is 5.75 Å². The summed E-state index contributed by atoms with van der Waals surface area (Å²) in [7, 11) is 0. The Morgan fingerprint density at radius 3 is 3.19 bits per heavy atom. The SMILES string of the molecule is CCCn1cc(C(=O)C2CCCCS2)cn1. The molecule has 1 aromatic rings. The number of nitrogens with zero attached hydrogens (tertiary/aromatic N) is 2. The fraction of sp³-hybridized carbons (Fsp3) is 0.667. The van der Waals surface area contributed by atoms with Crippen LogP contribution in [0.2, 0.25) is 0 Å². The topological polar surface area (TPSA) is 34.9 Å². The summed E-state index contributed by atoms with van der Waals surface area (Å²) >= 11 is 1.80. The number of ketones is 1. The van der Waals surface area contributed by atoms with E-state index < -0.39 is 0 Å². The molecule has 88 valence electrons. The molecule has 0 radical (unpaired) electrons. The molecule has 16 heavy (non-hydrogen) atoms. The Balaban J connectivity index is 2.01. The summed E-state index contributed by atoms with van der Waals surface area (Å²) in [5.74, 6) is 1.39. The Kier molecular flexibility index (Phi) is 4.04. The third-order valence-electron chi connectivity index (χ3n) is 2.84. The smallest absolute Gasteiger partial charge is 0.178 e. The van der Waals surface area contributed by atoms with Gasteiger partial charge in [0.15, 0.2) is 5.78 Å². The first-order valence-corrected chi connectivity index (χ1v) is 7.04. The summed E-state index contributed by atoms with van der Waals surface area (Å²) in [6.07, 6.45) is 8.13. The molecule has 2 heterocycles. The molecule has 2 rings (SSSR count). The zero-order chi connectivity index (χ0) is 11.4. The quantitative estimate of drug-likeness (QED) is 0.757. The molecule has 1 aliphatic heterocycles. The number of hydrogen-bond acceptors (Lipinski definition) is 3. The summed E-state index contributed by atoms with van der Waals surface area (Å²) < 4.78 is 1.86. The van der Waals surface area contributed by atoms with Gasteiger partial charge in [0.2, 0.25) is 0 Å². The van der Waals surface area contributed by atoms with Gasteiger partial charge < -0.3 is 0 Å². The molecule has 3 nitrogen and oxygen atoms in total. The molecule has 0 amide bonds. The minimum atomic E-state index is 0.174. The van der Waals surface area contributed by atoms with Crippen molar-refractivity contribution in [2.45, 2.75) is 44.4 Å². The first-order chi connectivity index (χ1) is 7.81. The van der Waals surface area contributed by atoms with Crippen LogP contribution in [-0.4, -0.2) is 26.6 Å². The molecular formula is C12H18N2OS. The van der Waals surface area contributed by atoms with Crippen molar-refractivity contribution in [3.63, 3.8) is 0 Å². The van der Waals surface area contributed by atoms with Crippen LogP contribution in [0.4, 0.5) is 0 Å². The van der Waals surface area contributed by atoms with Crippen LogP contribution in [-0.2, 0) is 6.54 Å². The lowest BCUT2D eigenvalue weighted by molar-refractivity contribution is 0.0984. The second-order valence-corrected chi connectivity index (χ2v) is 5.52. The van der Waals surface area contributed by atoms with E-state index in [0.717, 1.165) is 30.7 Å². The van der Waals surface area contributed by atoms with E-state index in [1.165, 1.54) is 12.8 Å². The van der Waals surface area contributed by atoms with Crippen molar-refractivity contribution in [3.8, 4) is 0 Å². The van der Waals surface area contributed by atoms with E-state index in [0.29, 0.717) is 0 Å². The maximum Gasteiger partial charge on any atom is 0.178 e. The van der Waals surface area contributed by atoms with Gasteiger partial charge in [-0.05, 0) is 25.0 Å². The van der Waals surface area contributed by atoms with E-state index in [9.17, 15) is 4.79 Å². The van der Waals surface area contributed by atoms with Crippen molar-refractivity contribution in [1.29, 1.82) is 0 Å². The van der Waals surface area contributed by atoms with Gasteiger partial charge in [-0.2, -0.15) is 16.9 Å². The standard InChI is InChI=1S/C12H18N2OS/c1-2-6-14-9-10(8-13-14)12(15)11-5-3-4-7-16-11/h8-9,11H,2-7H2,1H3. The van der Waals surface area contributed by atoms with E-state index in [2.05, 4.69) is 12.0 Å². The zero-order valence-corrected chi connectivity index (χ0v) is 10.5. The maximum absolute atomic E-state index is 12.1. The van der Waals surface area contributed by atoms with Crippen LogP contribution in [0.5, 0.6) is 0 Å². The summed E-state index contributed by atoms with van der Waals surface area (Å²) in [6, 6.07) is 0. The number of hydrogen-bond donors (Lipinski definition) is 0. The average Bonchev–Trinajstić information content (AvgIpc) is 2.78. The highest BCUT2D eigenvalue weighted by molar-refractivity contribution is 8.00. The van der Waals surface area contributed by atoms with Crippen LogP contribution in [0.1, 0.15) is 43.0 Å². The molecule has 0 spiro atoms. The summed E-state index contributed by atoms with van der Waals surface area (Å²) in [4.78, 5) is 12.1.